The van der Waals surface area contributed by atoms with E-state index in [2.05, 4.69) is 47.9 Å². The van der Waals surface area contributed by atoms with E-state index in [1.54, 1.807) is 6.20 Å². The Morgan fingerprint density at radius 3 is 2.65 bits per heavy atom. The van der Waals surface area contributed by atoms with Crippen molar-refractivity contribution in [3.05, 3.63) is 103 Å². The van der Waals surface area contributed by atoms with Crippen molar-refractivity contribution in [2.45, 2.75) is 25.7 Å². The third kappa shape index (κ3) is 6.53. The number of pyridine rings is 1. The van der Waals surface area contributed by atoms with Crippen LogP contribution in [0.1, 0.15) is 45.8 Å². The number of carbonyl (C=O) groups excluding carboxylic acids is 1. The summed E-state index contributed by atoms with van der Waals surface area (Å²) >= 11 is -0.228. The zero-order chi connectivity index (χ0) is 25.6. The van der Waals surface area contributed by atoms with Crippen molar-refractivity contribution in [3.8, 4) is 0 Å². The van der Waals surface area contributed by atoms with E-state index in [9.17, 15) is 4.79 Å². The number of nitrogens with one attached hydrogen (secondary N) is 2. The summed E-state index contributed by atoms with van der Waals surface area (Å²) in [6, 6.07) is 18.0. The molecule has 190 valence electrons. The minimum absolute atomic E-state index is 0.108. The van der Waals surface area contributed by atoms with Gasteiger partial charge in [-0.2, -0.15) is 0 Å². The first-order chi connectivity index (χ1) is 18.0. The summed E-state index contributed by atoms with van der Waals surface area (Å²) in [5, 5.41) is 6.51. The van der Waals surface area contributed by atoms with Crippen molar-refractivity contribution in [1.29, 1.82) is 0 Å². The summed E-state index contributed by atoms with van der Waals surface area (Å²) in [5.74, 6) is 1.24. The van der Waals surface area contributed by atoms with Gasteiger partial charge in [0, 0.05) is 0 Å². The molecular weight excluding hydrogens is 573 g/mol. The van der Waals surface area contributed by atoms with Crippen molar-refractivity contribution in [2.24, 2.45) is 4.99 Å². The maximum absolute atomic E-state index is 13.0. The van der Waals surface area contributed by atoms with Crippen LogP contribution in [-0.4, -0.2) is 41.8 Å². The Morgan fingerprint density at radius 2 is 1.89 bits per heavy atom. The molecule has 0 unspecified atom stereocenters. The Labute approximate surface area is 228 Å². The van der Waals surface area contributed by atoms with Crippen LogP contribution in [0.4, 0.5) is 11.4 Å². The maximum atomic E-state index is 13.0. The van der Waals surface area contributed by atoms with Crippen molar-refractivity contribution in [2.75, 3.05) is 30.8 Å². The normalized spacial score (nSPS) is 16.7. The topological polar surface area (TPSA) is 69.6 Å². The molecule has 0 aliphatic carbocycles. The minimum atomic E-state index is -0.228. The number of aliphatic imine (C=N–C) groups is 1. The molecule has 0 saturated carbocycles. The zero-order valence-electron chi connectivity index (χ0n) is 21.1. The summed E-state index contributed by atoms with van der Waals surface area (Å²) in [6.45, 7) is 4.30. The summed E-state index contributed by atoms with van der Waals surface area (Å²) in [4.78, 5) is 24.4. The van der Waals surface area contributed by atoms with E-state index in [0.29, 0.717) is 11.5 Å². The summed E-state index contributed by atoms with van der Waals surface area (Å²) in [6.07, 6.45) is 7.98. The number of carbonyl (C=O) groups is 1. The van der Waals surface area contributed by atoms with E-state index < -0.39 is 0 Å². The molecule has 7 heteroatoms. The van der Waals surface area contributed by atoms with Gasteiger partial charge in [-0.3, -0.25) is 0 Å². The van der Waals surface area contributed by atoms with Gasteiger partial charge in [0.25, 0.3) is 0 Å². The molecule has 3 aromatic rings. The van der Waals surface area contributed by atoms with Gasteiger partial charge in [0.1, 0.15) is 0 Å². The van der Waals surface area contributed by atoms with E-state index >= 15 is 0 Å². The second-order valence-corrected chi connectivity index (χ2v) is 11.5. The molecule has 2 aliphatic heterocycles. The number of hydrogen-bond donors (Lipinski definition) is 2. The van der Waals surface area contributed by atoms with E-state index in [4.69, 9.17) is 4.99 Å². The molecule has 1 saturated heterocycles. The van der Waals surface area contributed by atoms with Crippen LogP contribution in [-0.2, 0) is 0 Å². The zero-order valence-corrected chi connectivity index (χ0v) is 23.3. The Morgan fingerprint density at radius 1 is 1.08 bits per heavy atom. The van der Waals surface area contributed by atoms with E-state index in [-0.39, 0.29) is 27.1 Å². The van der Waals surface area contributed by atoms with E-state index in [1.807, 2.05) is 61.7 Å². The number of anilines is 2. The van der Waals surface area contributed by atoms with E-state index in [0.717, 1.165) is 47.1 Å². The number of rotatable bonds is 5. The van der Waals surface area contributed by atoms with Crippen LogP contribution in [0, 0.1) is 6.92 Å². The van der Waals surface area contributed by atoms with Gasteiger partial charge in [0.15, 0.2) is 0 Å². The summed E-state index contributed by atoms with van der Waals surface area (Å²) < 4.78 is 4.38. The van der Waals surface area contributed by atoms with Gasteiger partial charge in [0.05, 0.1) is 0 Å². The third-order valence-corrected chi connectivity index (χ3v) is 8.50. The molecule has 1 aromatic heterocycles. The first-order valence-electron chi connectivity index (χ1n) is 12.5. The van der Waals surface area contributed by atoms with E-state index in [1.165, 1.54) is 18.4 Å². The monoisotopic (exact) mass is 604 g/mol. The van der Waals surface area contributed by atoms with Gasteiger partial charge in [-0.25, -0.2) is 0 Å². The van der Waals surface area contributed by atoms with Crippen LogP contribution >= 0.6 is 0 Å². The Bertz CT molecular complexity index is 1340. The molecule has 1 fully saturated rings. The number of hydrogen-bond acceptors (Lipinski definition) is 5. The number of halogens is 1. The number of likely N-dealkylation sites (tertiary alicyclic amines) is 1. The molecule has 1 amide bonds. The molecule has 0 spiro atoms. The van der Waals surface area contributed by atoms with Crippen LogP contribution in [0.5, 0.6) is 0 Å². The van der Waals surface area contributed by atoms with Gasteiger partial charge in [-0.1, -0.05) is 0 Å². The predicted octanol–water partition coefficient (Wildman–Crippen LogP) is 2.88. The first kappa shape index (κ1) is 25.4. The number of amides is 1. The fourth-order valence-electron chi connectivity index (χ4n) is 4.52. The molecule has 0 radical (unpaired) electrons. The van der Waals surface area contributed by atoms with Crippen molar-refractivity contribution in [1.82, 2.24) is 9.88 Å². The van der Waals surface area contributed by atoms with Crippen molar-refractivity contribution < 1.29 is 26.0 Å². The van der Waals surface area contributed by atoms with Crippen molar-refractivity contribution in [3.63, 3.8) is 0 Å². The second kappa shape index (κ2) is 11.8. The molecule has 2 aromatic carbocycles. The number of benzene rings is 2. The average molecular weight is 605 g/mol. The summed E-state index contributed by atoms with van der Waals surface area (Å²) in [7, 11) is 2.17. The molecule has 0 atom stereocenters. The van der Waals surface area contributed by atoms with Gasteiger partial charge >= 0.3 is 180 Å². The van der Waals surface area contributed by atoms with Crippen LogP contribution in [0.2, 0.25) is 0 Å². The standard InChI is InChI=1S/C30H31IN5O/c1-21-5-10-26(33-30(37)24-8-6-22(7-9-24)23-12-16-36(2)17-13-23)18-27(21)34-29-11-14-31-19-28(35-29)25-4-3-15-32-20-25/h3-11,14-15,18-20,23H,12-13,16-17H2,1-2H3,(H,33,37)(H,34,35)/q-1. The van der Waals surface area contributed by atoms with Crippen LogP contribution in [0.15, 0.2) is 86.2 Å². The second-order valence-electron chi connectivity index (χ2n) is 9.46. The van der Waals surface area contributed by atoms with Crippen LogP contribution in [0.3, 0.4) is 0 Å². The quantitative estimate of drug-likeness (QED) is 0.440. The molecule has 0 bridgehead atoms. The molecule has 3 heterocycles. The van der Waals surface area contributed by atoms with Gasteiger partial charge in [-0.05, 0) is 44.5 Å². The average Bonchev–Trinajstić information content (AvgIpc) is 3.17. The fraction of sp³-hybridized carbons (Fsp3) is 0.233. The number of aromatic nitrogens is 1. The molecule has 2 aliphatic rings. The molecule has 37 heavy (non-hydrogen) atoms. The van der Waals surface area contributed by atoms with Gasteiger partial charge in [0.2, 0.25) is 0 Å². The molecule has 5 rings (SSSR count). The SMILES string of the molecule is Cc1ccc(NC(=O)c2ccc(C3CCN(C)CC3)cc2)cc1NC1=NC(c2cccnc2)=C[I-]C=C1. The Hall–Kier alpha value is -3.30. The first-order valence-corrected chi connectivity index (χ1v) is 15.0. The molecule has 6 nitrogen and oxygen atoms in total. The van der Waals surface area contributed by atoms with Crippen LogP contribution < -0.4 is 31.8 Å². The Kier molecular flexibility index (Phi) is 8.11. The fourth-order valence-corrected chi connectivity index (χ4v) is 6.11. The van der Waals surface area contributed by atoms with Gasteiger partial charge < -0.3 is 4.90 Å². The Balaban J connectivity index is 1.27. The third-order valence-electron chi connectivity index (χ3n) is 6.78. The predicted molar refractivity (Wildman–Crippen MR) is 147 cm³/mol. The summed E-state index contributed by atoms with van der Waals surface area (Å²) in [5.41, 5.74) is 6.64. The molecule has 2 N–H and O–H groups in total. The number of amidine groups is 1. The number of nitrogens with zero attached hydrogens (tertiary/aromatic N) is 3. The number of aryl methyl sites for hydroxylation is 1. The number of piperidine rings is 1. The van der Waals surface area contributed by atoms with Gasteiger partial charge in [-0.15, -0.1) is 0 Å². The van der Waals surface area contributed by atoms with Crippen LogP contribution in [0.25, 0.3) is 5.70 Å². The van der Waals surface area contributed by atoms with Crippen molar-refractivity contribution >= 4 is 28.8 Å². The molecular formula is C30H31IN5O-.